The molecular formula is C46H42CuN2P2+2. The number of nitrogens with zero attached hydrogens (tertiary/aromatic N) is 2. The number of aromatic nitrogens is 2. The Morgan fingerprint density at radius 1 is 0.216 bits per heavy atom. The van der Waals surface area contributed by atoms with Gasteiger partial charge in [0.25, 0.3) is 0 Å². The van der Waals surface area contributed by atoms with Crippen LogP contribution in [0.15, 0.2) is 243 Å². The van der Waals surface area contributed by atoms with E-state index in [4.69, 9.17) is 0 Å². The smallest absolute Gasteiger partial charge is 0.102 e. The van der Waals surface area contributed by atoms with Gasteiger partial charge in [-0.1, -0.05) is 121 Å². The molecule has 0 amide bonds. The van der Waals surface area contributed by atoms with E-state index in [1.54, 1.807) is 24.8 Å². The molecule has 0 bridgehead atoms. The van der Waals surface area contributed by atoms with Crippen molar-refractivity contribution in [3.63, 3.8) is 0 Å². The quantitative estimate of drug-likeness (QED) is 0.126. The van der Waals surface area contributed by atoms with Gasteiger partial charge in [-0.2, -0.15) is 0 Å². The minimum Gasteiger partial charge on any atom is -0.265 e. The summed E-state index contributed by atoms with van der Waals surface area (Å²) in [4.78, 5) is 7.57. The molecule has 51 heavy (non-hydrogen) atoms. The Labute approximate surface area is 316 Å². The van der Waals surface area contributed by atoms with E-state index in [1.807, 2.05) is 36.4 Å². The van der Waals surface area contributed by atoms with E-state index in [0.717, 1.165) is 0 Å². The molecule has 0 saturated heterocycles. The van der Waals surface area contributed by atoms with Gasteiger partial charge in [-0.25, -0.2) is 0 Å². The average molecular weight is 748 g/mol. The van der Waals surface area contributed by atoms with Gasteiger partial charge < -0.3 is 0 Å². The maximum absolute atomic E-state index is 3.78. The van der Waals surface area contributed by atoms with Gasteiger partial charge in [0.15, 0.2) is 0 Å². The minimum atomic E-state index is -0.877. The second kappa shape index (κ2) is 23.4. The molecule has 0 aliphatic rings. The van der Waals surface area contributed by atoms with Crippen molar-refractivity contribution in [3.05, 3.63) is 243 Å². The molecule has 0 N–H and O–H groups in total. The van der Waals surface area contributed by atoms with Crippen LogP contribution in [0, 0.1) is 0 Å². The Morgan fingerprint density at radius 2 is 0.373 bits per heavy atom. The first-order valence-electron chi connectivity index (χ1n) is 16.7. The number of benzene rings is 6. The molecule has 2 nitrogen and oxygen atoms in total. The second-order valence-electron chi connectivity index (χ2n) is 11.0. The molecule has 0 aliphatic heterocycles. The zero-order chi connectivity index (χ0) is 34.3. The molecule has 8 aromatic rings. The fourth-order valence-corrected chi connectivity index (χ4v) is 10.4. The van der Waals surface area contributed by atoms with E-state index < -0.39 is 15.8 Å². The van der Waals surface area contributed by atoms with Crippen LogP contribution in [0.2, 0.25) is 0 Å². The van der Waals surface area contributed by atoms with Gasteiger partial charge in [-0.3, -0.25) is 9.97 Å². The maximum Gasteiger partial charge on any atom is 0.102 e. The largest absolute Gasteiger partial charge is 0.265 e. The monoisotopic (exact) mass is 747 g/mol. The first kappa shape index (κ1) is 38.8. The topological polar surface area (TPSA) is 25.8 Å². The fraction of sp³-hybridized carbons (Fsp3) is 0. The fourth-order valence-electron chi connectivity index (χ4n) is 5.25. The predicted octanol–water partition coefficient (Wildman–Crippen LogP) is 8.51. The summed E-state index contributed by atoms with van der Waals surface area (Å²) >= 11 is 0. The van der Waals surface area contributed by atoms with Crippen molar-refractivity contribution in [2.45, 2.75) is 0 Å². The van der Waals surface area contributed by atoms with Crippen molar-refractivity contribution in [3.8, 4) is 0 Å². The Balaban J connectivity index is 0.000000171. The van der Waals surface area contributed by atoms with Crippen LogP contribution in [0.3, 0.4) is 0 Å². The summed E-state index contributed by atoms with van der Waals surface area (Å²) in [6.07, 6.45) is 7.00. The zero-order valence-corrected chi connectivity index (χ0v) is 31.2. The molecule has 1 radical (unpaired) electrons. The van der Waals surface area contributed by atoms with E-state index in [-0.39, 0.29) is 17.1 Å². The standard InChI is InChI=1S/2C18H15P.2C5H5N.Cu/c2*1-4-10-16(11-5-1)19(17-12-6-2-7-13-17)18-14-8-3-9-15-18;2*1-2-4-6-5-3-1;/h2*1-15H;2*1-5H;/p+2. The van der Waals surface area contributed by atoms with E-state index in [9.17, 15) is 0 Å². The van der Waals surface area contributed by atoms with Crippen molar-refractivity contribution in [2.75, 3.05) is 0 Å². The first-order valence-corrected chi connectivity index (χ1v) is 19.7. The molecular weight excluding hydrogens is 706 g/mol. The SMILES string of the molecule is [Cu].c1ccc([PH+](c2ccccc2)c2ccccc2)cc1.c1ccc([PH+](c2ccccc2)c2ccccc2)cc1.c1ccncc1.c1ccncc1. The van der Waals surface area contributed by atoms with Gasteiger partial charge in [0.05, 0.1) is 15.8 Å². The summed E-state index contributed by atoms with van der Waals surface area (Å²) in [5.74, 6) is 0. The first-order chi connectivity index (χ1) is 24.9. The van der Waals surface area contributed by atoms with Crippen LogP contribution in [0.1, 0.15) is 0 Å². The molecule has 0 spiro atoms. The Kier molecular flexibility index (Phi) is 17.8. The van der Waals surface area contributed by atoms with Gasteiger partial charge in [0.2, 0.25) is 0 Å². The summed E-state index contributed by atoms with van der Waals surface area (Å²) in [5, 5.41) is 8.61. The van der Waals surface area contributed by atoms with Gasteiger partial charge in [0.1, 0.15) is 31.8 Å². The number of hydrogen-bond acceptors (Lipinski definition) is 2. The molecule has 0 unspecified atom stereocenters. The molecule has 0 fully saturated rings. The summed E-state index contributed by atoms with van der Waals surface area (Å²) < 4.78 is 0. The van der Waals surface area contributed by atoms with Crippen LogP contribution < -0.4 is 31.8 Å². The Bertz CT molecular complexity index is 1580. The van der Waals surface area contributed by atoms with Gasteiger partial charge in [0, 0.05) is 41.9 Å². The van der Waals surface area contributed by atoms with E-state index >= 15 is 0 Å². The molecule has 6 aromatic carbocycles. The Hall–Kier alpha value is -5.00. The van der Waals surface area contributed by atoms with Crippen LogP contribution in [-0.4, -0.2) is 9.97 Å². The van der Waals surface area contributed by atoms with Crippen LogP contribution in [0.25, 0.3) is 0 Å². The van der Waals surface area contributed by atoms with Crippen LogP contribution in [0.5, 0.6) is 0 Å². The Morgan fingerprint density at radius 3 is 0.490 bits per heavy atom. The van der Waals surface area contributed by atoms with Gasteiger partial charge in [-0.15, -0.1) is 0 Å². The van der Waals surface area contributed by atoms with Crippen molar-refractivity contribution < 1.29 is 17.1 Å². The number of hydrogen-bond donors (Lipinski definition) is 0. The molecule has 0 aliphatic carbocycles. The third-order valence-electron chi connectivity index (χ3n) is 7.51. The van der Waals surface area contributed by atoms with Crippen molar-refractivity contribution in [1.82, 2.24) is 9.97 Å². The molecule has 0 saturated carbocycles. The van der Waals surface area contributed by atoms with E-state index in [1.165, 1.54) is 31.8 Å². The average Bonchev–Trinajstić information content (AvgIpc) is 3.23. The summed E-state index contributed by atoms with van der Waals surface area (Å²) in [7, 11) is -1.75. The molecule has 0 atom stereocenters. The van der Waals surface area contributed by atoms with Crippen molar-refractivity contribution in [1.29, 1.82) is 0 Å². The molecule has 8 rings (SSSR count). The second-order valence-corrected chi connectivity index (χ2v) is 16.0. The zero-order valence-electron chi connectivity index (χ0n) is 28.3. The van der Waals surface area contributed by atoms with Gasteiger partial charge in [-0.05, 0) is 97.1 Å². The summed E-state index contributed by atoms with van der Waals surface area (Å²) in [6, 6.07) is 76.4. The van der Waals surface area contributed by atoms with Crippen molar-refractivity contribution >= 4 is 47.7 Å². The van der Waals surface area contributed by atoms with E-state index in [2.05, 4.69) is 192 Å². The predicted molar refractivity (Wildman–Crippen MR) is 222 cm³/mol. The summed E-state index contributed by atoms with van der Waals surface area (Å²) in [6.45, 7) is 0. The summed E-state index contributed by atoms with van der Waals surface area (Å²) in [5.41, 5.74) is 0. The molecule has 5 heteroatoms. The van der Waals surface area contributed by atoms with Gasteiger partial charge >= 0.3 is 0 Å². The maximum atomic E-state index is 3.78. The molecule has 255 valence electrons. The van der Waals surface area contributed by atoms with Crippen LogP contribution >= 0.6 is 15.8 Å². The third-order valence-corrected chi connectivity index (χ3v) is 13.0. The number of pyridine rings is 2. The third kappa shape index (κ3) is 13.3. The molecule has 2 heterocycles. The van der Waals surface area contributed by atoms with E-state index in [0.29, 0.717) is 0 Å². The van der Waals surface area contributed by atoms with Crippen LogP contribution in [0.4, 0.5) is 0 Å². The molecule has 2 aromatic heterocycles. The van der Waals surface area contributed by atoms with Crippen LogP contribution in [-0.2, 0) is 17.1 Å². The number of rotatable bonds is 6. The normalized spacial score (nSPS) is 9.76. The minimum absolute atomic E-state index is 0. The van der Waals surface area contributed by atoms with Crippen molar-refractivity contribution in [2.24, 2.45) is 0 Å².